The van der Waals surface area contributed by atoms with E-state index in [9.17, 15) is 5.11 Å². The third-order valence-electron chi connectivity index (χ3n) is 3.15. The molecule has 0 saturated heterocycles. The van der Waals surface area contributed by atoms with Crippen LogP contribution in [-0.2, 0) is 11.3 Å². The van der Waals surface area contributed by atoms with E-state index in [1.165, 1.54) is 5.56 Å². The smallest absolute Gasteiger partial charge is 0.0603 e. The van der Waals surface area contributed by atoms with Crippen molar-refractivity contribution in [2.24, 2.45) is 0 Å². The van der Waals surface area contributed by atoms with Crippen LogP contribution in [-0.4, -0.2) is 41.4 Å². The fourth-order valence-electron chi connectivity index (χ4n) is 1.96. The molecule has 0 aromatic heterocycles. The summed E-state index contributed by atoms with van der Waals surface area (Å²) in [6.07, 6.45) is 1.03. The number of rotatable bonds is 9. The number of hydrogen-bond donors (Lipinski definition) is 1. The zero-order chi connectivity index (χ0) is 15.0. The van der Waals surface area contributed by atoms with E-state index in [4.69, 9.17) is 4.74 Å². The van der Waals surface area contributed by atoms with Crippen molar-refractivity contribution in [1.82, 2.24) is 4.90 Å². The summed E-state index contributed by atoms with van der Waals surface area (Å²) in [5.74, 6) is 0. The summed E-state index contributed by atoms with van der Waals surface area (Å²) in [6, 6.07) is 10.4. The van der Waals surface area contributed by atoms with Gasteiger partial charge in [0.2, 0.25) is 0 Å². The van der Waals surface area contributed by atoms with Gasteiger partial charge in [-0.05, 0) is 39.7 Å². The first-order valence-corrected chi connectivity index (χ1v) is 7.47. The van der Waals surface area contributed by atoms with Gasteiger partial charge < -0.3 is 9.84 Å². The van der Waals surface area contributed by atoms with E-state index in [0.29, 0.717) is 0 Å². The van der Waals surface area contributed by atoms with Crippen molar-refractivity contribution in [3.63, 3.8) is 0 Å². The van der Waals surface area contributed by atoms with Gasteiger partial charge in [0.25, 0.3) is 0 Å². The maximum absolute atomic E-state index is 9.89. The normalized spacial score (nSPS) is 12.3. The maximum Gasteiger partial charge on any atom is 0.0603 e. The van der Waals surface area contributed by atoms with Gasteiger partial charge in [0.05, 0.1) is 18.3 Å². The summed E-state index contributed by atoms with van der Waals surface area (Å²) in [6.45, 7) is 11.2. The molecule has 0 aliphatic rings. The maximum atomic E-state index is 9.89. The number of nitrogens with zero attached hydrogens (tertiary/aromatic N) is 1. The molecule has 0 radical (unpaired) electrons. The number of aliphatic hydroxyl groups is 1. The molecule has 0 unspecified atom stereocenters. The fraction of sp³-hybridized carbons (Fsp3) is 0.647. The highest BCUT2D eigenvalue weighted by Crippen LogP contribution is 2.11. The summed E-state index contributed by atoms with van der Waals surface area (Å²) < 4.78 is 5.64. The Kier molecular flexibility index (Phi) is 7.20. The van der Waals surface area contributed by atoms with E-state index in [-0.39, 0.29) is 6.10 Å². The molecule has 0 amide bonds. The van der Waals surface area contributed by atoms with E-state index in [2.05, 4.69) is 43.0 Å². The van der Waals surface area contributed by atoms with E-state index in [1.54, 1.807) is 0 Å². The quantitative estimate of drug-likeness (QED) is 0.754. The molecule has 0 spiro atoms. The Bertz CT molecular complexity index is 357. The van der Waals surface area contributed by atoms with Crippen LogP contribution in [0, 0.1) is 0 Å². The summed E-state index contributed by atoms with van der Waals surface area (Å²) in [5.41, 5.74) is 0.682. The molecule has 0 aliphatic carbocycles. The first-order chi connectivity index (χ1) is 9.37. The molecule has 0 heterocycles. The van der Waals surface area contributed by atoms with E-state index in [1.807, 2.05) is 19.9 Å². The van der Waals surface area contributed by atoms with Gasteiger partial charge in [-0.3, -0.25) is 4.90 Å². The zero-order valence-electron chi connectivity index (χ0n) is 13.3. The lowest BCUT2D eigenvalue weighted by molar-refractivity contribution is 0.0357. The largest absolute Gasteiger partial charge is 0.390 e. The van der Waals surface area contributed by atoms with Crippen LogP contribution in [0.4, 0.5) is 0 Å². The second-order valence-electron chi connectivity index (χ2n) is 6.24. The average molecular weight is 279 g/mol. The molecule has 0 saturated carbocycles. The van der Waals surface area contributed by atoms with Crippen molar-refractivity contribution in [3.05, 3.63) is 35.9 Å². The Morgan fingerprint density at radius 1 is 1.15 bits per heavy atom. The third kappa shape index (κ3) is 8.31. The molecular weight excluding hydrogens is 250 g/mol. The molecule has 0 fully saturated rings. The first-order valence-electron chi connectivity index (χ1n) is 7.47. The van der Waals surface area contributed by atoms with Crippen molar-refractivity contribution >= 4 is 0 Å². The predicted molar refractivity (Wildman–Crippen MR) is 83.7 cm³/mol. The van der Waals surface area contributed by atoms with E-state index >= 15 is 0 Å². The van der Waals surface area contributed by atoms with Gasteiger partial charge >= 0.3 is 0 Å². The third-order valence-corrected chi connectivity index (χ3v) is 3.15. The molecule has 0 aliphatic heterocycles. The van der Waals surface area contributed by atoms with Gasteiger partial charge in [0, 0.05) is 19.6 Å². The topological polar surface area (TPSA) is 32.7 Å². The van der Waals surface area contributed by atoms with Crippen LogP contribution >= 0.6 is 0 Å². The van der Waals surface area contributed by atoms with Crippen molar-refractivity contribution in [2.75, 3.05) is 19.7 Å². The molecular formula is C17H29NO2. The van der Waals surface area contributed by atoms with Crippen molar-refractivity contribution in [2.45, 2.75) is 52.4 Å². The van der Waals surface area contributed by atoms with Crippen LogP contribution in [0.15, 0.2) is 30.3 Å². The average Bonchev–Trinajstić information content (AvgIpc) is 2.35. The molecule has 0 bridgehead atoms. The highest BCUT2D eigenvalue weighted by atomic mass is 16.5. The molecule has 1 aromatic carbocycles. The lowest BCUT2D eigenvalue weighted by Crippen LogP contribution is -2.33. The van der Waals surface area contributed by atoms with Gasteiger partial charge in [0.1, 0.15) is 0 Å². The Morgan fingerprint density at radius 2 is 1.80 bits per heavy atom. The molecule has 1 aromatic rings. The molecule has 20 heavy (non-hydrogen) atoms. The van der Waals surface area contributed by atoms with Gasteiger partial charge in [0.15, 0.2) is 0 Å². The Labute approximate surface area is 123 Å². The van der Waals surface area contributed by atoms with Gasteiger partial charge in [-0.2, -0.15) is 0 Å². The number of hydrogen-bond acceptors (Lipinski definition) is 3. The molecule has 1 N–H and O–H groups in total. The van der Waals surface area contributed by atoms with Crippen LogP contribution in [0.1, 0.15) is 39.7 Å². The number of ether oxygens (including phenoxy) is 1. The van der Waals surface area contributed by atoms with Gasteiger partial charge in [-0.15, -0.1) is 0 Å². The van der Waals surface area contributed by atoms with Crippen LogP contribution < -0.4 is 0 Å². The SMILES string of the molecule is CC(C)OCCN(CCC(C)(C)O)Cc1ccccc1. The molecule has 114 valence electrons. The van der Waals surface area contributed by atoms with Crippen LogP contribution in [0.3, 0.4) is 0 Å². The summed E-state index contributed by atoms with van der Waals surface area (Å²) in [4.78, 5) is 2.34. The second-order valence-corrected chi connectivity index (χ2v) is 6.24. The Morgan fingerprint density at radius 3 is 2.35 bits per heavy atom. The highest BCUT2D eigenvalue weighted by molar-refractivity contribution is 5.14. The zero-order valence-corrected chi connectivity index (χ0v) is 13.3. The monoisotopic (exact) mass is 279 g/mol. The van der Waals surface area contributed by atoms with E-state index in [0.717, 1.165) is 32.7 Å². The number of benzene rings is 1. The van der Waals surface area contributed by atoms with Crippen LogP contribution in [0.2, 0.25) is 0 Å². The molecule has 1 rings (SSSR count). The van der Waals surface area contributed by atoms with Crippen molar-refractivity contribution in [3.8, 4) is 0 Å². The van der Waals surface area contributed by atoms with Crippen molar-refractivity contribution < 1.29 is 9.84 Å². The summed E-state index contributed by atoms with van der Waals surface area (Å²) in [7, 11) is 0. The predicted octanol–water partition coefficient (Wildman–Crippen LogP) is 3.07. The Hall–Kier alpha value is -0.900. The van der Waals surface area contributed by atoms with E-state index < -0.39 is 5.60 Å². The van der Waals surface area contributed by atoms with Gasteiger partial charge in [-0.25, -0.2) is 0 Å². The van der Waals surface area contributed by atoms with Gasteiger partial charge in [-0.1, -0.05) is 30.3 Å². The van der Waals surface area contributed by atoms with Crippen LogP contribution in [0.25, 0.3) is 0 Å². The van der Waals surface area contributed by atoms with Crippen molar-refractivity contribution in [1.29, 1.82) is 0 Å². The fourth-order valence-corrected chi connectivity index (χ4v) is 1.96. The second kappa shape index (κ2) is 8.40. The minimum Gasteiger partial charge on any atom is -0.390 e. The molecule has 3 nitrogen and oxygen atoms in total. The minimum atomic E-state index is -0.617. The molecule has 3 heteroatoms. The van der Waals surface area contributed by atoms with Crippen LogP contribution in [0.5, 0.6) is 0 Å². The highest BCUT2D eigenvalue weighted by Gasteiger charge is 2.15. The summed E-state index contributed by atoms with van der Waals surface area (Å²) >= 11 is 0. The Balaban J connectivity index is 2.49. The lowest BCUT2D eigenvalue weighted by Gasteiger charge is -2.26. The standard InChI is InChI=1S/C17H29NO2/c1-15(2)20-13-12-18(11-10-17(3,4)19)14-16-8-6-5-7-9-16/h5-9,15,19H,10-14H2,1-4H3. The first kappa shape index (κ1) is 17.2. The lowest BCUT2D eigenvalue weighted by atomic mass is 10.1. The molecule has 0 atom stereocenters. The summed E-state index contributed by atoms with van der Waals surface area (Å²) in [5, 5.41) is 9.89. The minimum absolute atomic E-state index is 0.267.